The summed E-state index contributed by atoms with van der Waals surface area (Å²) < 4.78 is 5.61. The van der Waals surface area contributed by atoms with Gasteiger partial charge in [0.05, 0.1) is 0 Å². The minimum absolute atomic E-state index is 0.259. The van der Waals surface area contributed by atoms with Crippen LogP contribution in [0.1, 0.15) is 30.5 Å². The van der Waals surface area contributed by atoms with E-state index in [1.165, 1.54) is 0 Å². The van der Waals surface area contributed by atoms with Crippen molar-refractivity contribution in [3.05, 3.63) is 75.6 Å². The fraction of sp³-hybridized carbons (Fsp3) is 0.333. The molecule has 6 nitrogen and oxygen atoms in total. The first kappa shape index (κ1) is 21.4. The molecule has 0 aliphatic heterocycles. The Morgan fingerprint density at radius 1 is 1.03 bits per heavy atom. The van der Waals surface area contributed by atoms with Crippen molar-refractivity contribution in [2.24, 2.45) is 0 Å². The van der Waals surface area contributed by atoms with Crippen LogP contribution >= 0.6 is 0 Å². The molecule has 0 spiro atoms. The van der Waals surface area contributed by atoms with E-state index in [1.807, 2.05) is 49.4 Å². The topological polar surface area (TPSA) is 74.6 Å². The molecule has 3 rings (SSSR count). The molecule has 0 atom stereocenters. The van der Waals surface area contributed by atoms with Gasteiger partial charge in [-0.3, -0.25) is 0 Å². The fourth-order valence-corrected chi connectivity index (χ4v) is 3.60. The van der Waals surface area contributed by atoms with Crippen molar-refractivity contribution in [2.45, 2.75) is 33.7 Å². The van der Waals surface area contributed by atoms with Crippen LogP contribution in [0.15, 0.2) is 57.7 Å². The number of nitrogens with one attached hydrogen (secondary N) is 2. The summed E-state index contributed by atoms with van der Waals surface area (Å²) in [6.07, 6.45) is 0.417. The molecule has 0 bridgehead atoms. The second-order valence-electron chi connectivity index (χ2n) is 7.19. The summed E-state index contributed by atoms with van der Waals surface area (Å²) >= 11 is 0. The van der Waals surface area contributed by atoms with Gasteiger partial charge in [0.25, 0.3) is 0 Å². The maximum Gasteiger partial charge on any atom is 0.339 e. The van der Waals surface area contributed by atoms with E-state index in [2.05, 4.69) is 35.4 Å². The third kappa shape index (κ3) is 5.00. The molecule has 6 heteroatoms. The number of nitrogens with zero attached hydrogens (tertiary/aromatic N) is 1. The van der Waals surface area contributed by atoms with Crippen molar-refractivity contribution in [3.63, 3.8) is 0 Å². The minimum Gasteiger partial charge on any atom is -0.422 e. The summed E-state index contributed by atoms with van der Waals surface area (Å²) in [5.74, 6) is 0. The van der Waals surface area contributed by atoms with Crippen LogP contribution in [-0.4, -0.2) is 25.7 Å². The average Bonchev–Trinajstić information content (AvgIpc) is 2.76. The molecule has 158 valence electrons. The van der Waals surface area contributed by atoms with Gasteiger partial charge in [-0.15, -0.1) is 0 Å². The Bertz CT molecular complexity index is 1060. The molecule has 0 aliphatic rings. The molecule has 0 saturated carbocycles. The third-order valence-electron chi connectivity index (χ3n) is 5.36. The highest BCUT2D eigenvalue weighted by atomic mass is 16.4. The van der Waals surface area contributed by atoms with Crippen molar-refractivity contribution in [1.82, 2.24) is 10.6 Å². The van der Waals surface area contributed by atoms with Gasteiger partial charge in [-0.2, -0.15) is 0 Å². The molecule has 30 heavy (non-hydrogen) atoms. The Morgan fingerprint density at radius 3 is 2.47 bits per heavy atom. The number of anilines is 1. The van der Waals surface area contributed by atoms with E-state index in [4.69, 9.17) is 4.42 Å². The zero-order valence-corrected chi connectivity index (χ0v) is 17.8. The third-order valence-corrected chi connectivity index (χ3v) is 5.36. The lowest BCUT2D eigenvalue weighted by Gasteiger charge is -2.21. The van der Waals surface area contributed by atoms with Crippen LogP contribution in [0.25, 0.3) is 11.0 Å². The van der Waals surface area contributed by atoms with E-state index in [1.54, 1.807) is 0 Å². The van der Waals surface area contributed by atoms with Gasteiger partial charge in [0, 0.05) is 48.9 Å². The smallest absolute Gasteiger partial charge is 0.339 e. The van der Waals surface area contributed by atoms with E-state index >= 15 is 0 Å². The molecule has 0 fully saturated rings. The van der Waals surface area contributed by atoms with Crippen molar-refractivity contribution in [2.75, 3.05) is 24.5 Å². The molecular formula is C24H29N3O3. The van der Waals surface area contributed by atoms with Gasteiger partial charge in [0.1, 0.15) is 5.58 Å². The first-order valence-corrected chi connectivity index (χ1v) is 10.4. The number of amides is 2. The Balaban J connectivity index is 1.65. The molecule has 2 amide bonds. The lowest BCUT2D eigenvalue weighted by Crippen LogP contribution is -2.36. The summed E-state index contributed by atoms with van der Waals surface area (Å²) in [6, 6.07) is 15.4. The van der Waals surface area contributed by atoms with Crippen molar-refractivity contribution >= 4 is 22.7 Å². The van der Waals surface area contributed by atoms with Crippen molar-refractivity contribution < 1.29 is 9.21 Å². The quantitative estimate of drug-likeness (QED) is 0.554. The van der Waals surface area contributed by atoms with Gasteiger partial charge in [-0.05, 0) is 50.5 Å². The highest BCUT2D eigenvalue weighted by Gasteiger charge is 2.13. The van der Waals surface area contributed by atoms with Crippen LogP contribution in [-0.2, 0) is 13.0 Å². The first-order valence-electron chi connectivity index (χ1n) is 10.4. The van der Waals surface area contributed by atoms with E-state index in [-0.39, 0.29) is 11.7 Å². The zero-order chi connectivity index (χ0) is 21.5. The molecule has 0 saturated heterocycles. The molecular weight excluding hydrogens is 378 g/mol. The Labute approximate surface area is 176 Å². The summed E-state index contributed by atoms with van der Waals surface area (Å²) in [5, 5.41) is 6.55. The maximum atomic E-state index is 12.6. The Hall–Kier alpha value is -3.28. The number of aryl methyl sites for hydroxylation is 1. The van der Waals surface area contributed by atoms with Crippen LogP contribution in [0, 0.1) is 6.92 Å². The molecule has 0 aliphatic carbocycles. The second-order valence-corrected chi connectivity index (χ2v) is 7.19. The Morgan fingerprint density at radius 2 is 1.77 bits per heavy atom. The van der Waals surface area contributed by atoms with Crippen LogP contribution in [0.2, 0.25) is 0 Å². The highest BCUT2D eigenvalue weighted by molar-refractivity contribution is 5.84. The normalized spacial score (nSPS) is 10.8. The molecule has 1 heterocycles. The first-order chi connectivity index (χ1) is 14.5. The predicted molar refractivity (Wildman–Crippen MR) is 121 cm³/mol. The molecule has 0 radical (unpaired) electrons. The second kappa shape index (κ2) is 9.96. The summed E-state index contributed by atoms with van der Waals surface area (Å²) in [6.45, 7) is 8.72. The van der Waals surface area contributed by atoms with Gasteiger partial charge >= 0.3 is 11.7 Å². The molecule has 0 unspecified atom stereocenters. The number of benzene rings is 2. The zero-order valence-electron chi connectivity index (χ0n) is 17.8. The van der Waals surface area contributed by atoms with E-state index in [0.717, 1.165) is 35.3 Å². The fourth-order valence-electron chi connectivity index (χ4n) is 3.60. The molecule has 2 N–H and O–H groups in total. The number of urea groups is 1. The van der Waals surface area contributed by atoms with Crippen molar-refractivity contribution in [3.8, 4) is 0 Å². The van der Waals surface area contributed by atoms with Gasteiger partial charge < -0.3 is 20.0 Å². The van der Waals surface area contributed by atoms with E-state index < -0.39 is 0 Å². The van der Waals surface area contributed by atoms with Crippen LogP contribution < -0.4 is 21.2 Å². The average molecular weight is 408 g/mol. The summed E-state index contributed by atoms with van der Waals surface area (Å²) in [5.41, 5.74) is 3.82. The summed E-state index contributed by atoms with van der Waals surface area (Å²) in [7, 11) is 0. The number of rotatable bonds is 8. The SMILES string of the molecule is CCN(CC)c1ccc2c(C)c(CCNC(=O)NCc3ccccc3)c(=O)oc2c1. The van der Waals surface area contributed by atoms with Crippen LogP contribution in [0.3, 0.4) is 0 Å². The van der Waals surface area contributed by atoms with Gasteiger partial charge in [-0.25, -0.2) is 9.59 Å². The van der Waals surface area contributed by atoms with Crippen LogP contribution in [0.5, 0.6) is 0 Å². The number of hydrogen-bond acceptors (Lipinski definition) is 4. The maximum absolute atomic E-state index is 12.6. The van der Waals surface area contributed by atoms with Gasteiger partial charge in [0.2, 0.25) is 0 Å². The monoisotopic (exact) mass is 407 g/mol. The molecule has 2 aromatic carbocycles. The number of carbonyl (C=O) groups is 1. The number of fused-ring (bicyclic) bond motifs is 1. The molecule has 1 aromatic heterocycles. The van der Waals surface area contributed by atoms with Gasteiger partial charge in [-0.1, -0.05) is 30.3 Å². The molecule has 3 aromatic rings. The van der Waals surface area contributed by atoms with Crippen LogP contribution in [0.4, 0.5) is 10.5 Å². The predicted octanol–water partition coefficient (Wildman–Crippen LogP) is 3.99. The largest absolute Gasteiger partial charge is 0.422 e. The summed E-state index contributed by atoms with van der Waals surface area (Å²) in [4.78, 5) is 26.8. The van der Waals surface area contributed by atoms with Crippen molar-refractivity contribution in [1.29, 1.82) is 0 Å². The lowest BCUT2D eigenvalue weighted by molar-refractivity contribution is 0.240. The number of carbonyl (C=O) groups excluding carboxylic acids is 1. The number of hydrogen-bond donors (Lipinski definition) is 2. The van der Waals surface area contributed by atoms with E-state index in [0.29, 0.717) is 30.7 Å². The highest BCUT2D eigenvalue weighted by Crippen LogP contribution is 2.25. The lowest BCUT2D eigenvalue weighted by atomic mass is 10.0. The minimum atomic E-state index is -0.344. The van der Waals surface area contributed by atoms with Gasteiger partial charge in [0.15, 0.2) is 0 Å². The Kier molecular flexibility index (Phi) is 7.12. The van der Waals surface area contributed by atoms with E-state index in [9.17, 15) is 9.59 Å². The standard InChI is InChI=1S/C24H29N3O3/c1-4-27(5-2)19-11-12-20-17(3)21(23(28)30-22(20)15-19)13-14-25-24(29)26-16-18-9-7-6-8-10-18/h6-12,15H,4-5,13-14,16H2,1-3H3,(H2,25,26,29).